The molecule has 1 amide bonds. The van der Waals surface area contributed by atoms with Crippen molar-refractivity contribution in [2.24, 2.45) is 0 Å². The van der Waals surface area contributed by atoms with E-state index in [1.54, 1.807) is 16.9 Å². The zero-order chi connectivity index (χ0) is 23.9. The molecule has 2 aromatic heterocycles. The Hall–Kier alpha value is -3.08. The number of likely N-dealkylation sites (N-methyl/N-ethyl adjacent to an activating group) is 1. The topological polar surface area (TPSA) is 75.9 Å². The third kappa shape index (κ3) is 5.03. The van der Waals surface area contributed by atoms with E-state index in [-0.39, 0.29) is 37.6 Å². The standard InChI is InChI=1S/C23H25F3N6O.H2S/c1-13-16(6-5-7-19(13)23(24,25)26)11-32-12-18(29-30-32)9-8-17-10-20-21(14(2)27-17)28-22(33)15(3)31(20)4;/h5-7,10,12,15H,8-9,11H2,1-4H3,(H,28,33);1H2/t15-;/m0./s1. The van der Waals surface area contributed by atoms with Gasteiger partial charge in [-0.15, -0.1) is 5.10 Å². The van der Waals surface area contributed by atoms with Crippen molar-refractivity contribution in [2.45, 2.75) is 52.4 Å². The van der Waals surface area contributed by atoms with Crippen LogP contribution in [0.5, 0.6) is 0 Å². The summed E-state index contributed by atoms with van der Waals surface area (Å²) in [5.41, 5.74) is 4.10. The fourth-order valence-corrected chi connectivity index (χ4v) is 4.01. The van der Waals surface area contributed by atoms with Gasteiger partial charge < -0.3 is 10.2 Å². The average molecular weight is 493 g/mol. The number of fused-ring (bicyclic) bond motifs is 1. The maximum atomic E-state index is 13.2. The second-order valence-corrected chi connectivity index (χ2v) is 8.36. The number of hydrogen-bond acceptors (Lipinski definition) is 5. The van der Waals surface area contributed by atoms with E-state index in [1.165, 1.54) is 13.0 Å². The second kappa shape index (κ2) is 9.65. The number of pyridine rings is 1. The van der Waals surface area contributed by atoms with Gasteiger partial charge in [0.05, 0.1) is 34.9 Å². The van der Waals surface area contributed by atoms with Gasteiger partial charge in [0.25, 0.3) is 0 Å². The Labute approximate surface area is 202 Å². The Morgan fingerprint density at radius 3 is 2.56 bits per heavy atom. The van der Waals surface area contributed by atoms with Crippen LogP contribution in [0.25, 0.3) is 0 Å². The lowest BCUT2D eigenvalue weighted by atomic mass is 10.0. The number of aryl methyl sites for hydroxylation is 3. The average Bonchev–Trinajstić information content (AvgIpc) is 3.19. The highest BCUT2D eigenvalue weighted by Gasteiger charge is 2.33. The van der Waals surface area contributed by atoms with Crippen LogP contribution in [0.15, 0.2) is 30.5 Å². The number of carbonyl (C=O) groups excluding carboxylic acids is 1. The summed E-state index contributed by atoms with van der Waals surface area (Å²) in [6, 6.07) is 5.86. The zero-order valence-electron chi connectivity index (χ0n) is 19.4. The van der Waals surface area contributed by atoms with E-state index in [1.807, 2.05) is 31.9 Å². The largest absolute Gasteiger partial charge is 0.416 e. The van der Waals surface area contributed by atoms with E-state index in [0.29, 0.717) is 18.4 Å². The first kappa shape index (κ1) is 25.5. The molecule has 0 spiro atoms. The summed E-state index contributed by atoms with van der Waals surface area (Å²) >= 11 is 0. The Kier molecular flexibility index (Phi) is 7.25. The van der Waals surface area contributed by atoms with Crippen molar-refractivity contribution in [1.29, 1.82) is 0 Å². The van der Waals surface area contributed by atoms with E-state index in [9.17, 15) is 18.0 Å². The monoisotopic (exact) mass is 492 g/mol. The fraction of sp³-hybridized carbons (Fsp3) is 0.391. The lowest BCUT2D eigenvalue weighted by Gasteiger charge is -2.34. The Bertz CT molecular complexity index is 1210. The molecular formula is C23H27F3N6OS. The van der Waals surface area contributed by atoms with Crippen LogP contribution in [0.3, 0.4) is 0 Å². The summed E-state index contributed by atoms with van der Waals surface area (Å²) in [4.78, 5) is 18.6. The number of nitrogens with one attached hydrogen (secondary N) is 1. The van der Waals surface area contributed by atoms with Crippen LogP contribution in [-0.4, -0.2) is 39.0 Å². The molecular weight excluding hydrogens is 465 g/mol. The normalized spacial score (nSPS) is 15.6. The van der Waals surface area contributed by atoms with Crippen molar-refractivity contribution in [1.82, 2.24) is 20.0 Å². The fourth-order valence-electron chi connectivity index (χ4n) is 4.01. The maximum Gasteiger partial charge on any atom is 0.416 e. The van der Waals surface area contributed by atoms with E-state index >= 15 is 0 Å². The highest BCUT2D eigenvalue weighted by molar-refractivity contribution is 7.59. The van der Waals surface area contributed by atoms with E-state index in [2.05, 4.69) is 20.6 Å². The molecule has 0 bridgehead atoms. The lowest BCUT2D eigenvalue weighted by molar-refractivity contribution is -0.138. The molecule has 0 radical (unpaired) electrons. The number of hydrogen-bond donors (Lipinski definition) is 1. The minimum absolute atomic E-state index is 0. The molecule has 0 saturated carbocycles. The molecule has 1 aliphatic rings. The van der Waals surface area contributed by atoms with Crippen LogP contribution in [0, 0.1) is 13.8 Å². The van der Waals surface area contributed by atoms with Gasteiger partial charge in [0.15, 0.2) is 0 Å². The molecule has 3 heterocycles. The summed E-state index contributed by atoms with van der Waals surface area (Å²) in [7, 11) is 1.88. The second-order valence-electron chi connectivity index (χ2n) is 8.36. The minimum Gasteiger partial charge on any atom is -0.361 e. The van der Waals surface area contributed by atoms with Crippen LogP contribution in [-0.2, 0) is 30.4 Å². The smallest absolute Gasteiger partial charge is 0.361 e. The Morgan fingerprint density at radius 2 is 1.85 bits per heavy atom. The van der Waals surface area contributed by atoms with Gasteiger partial charge in [-0.05, 0) is 56.9 Å². The van der Waals surface area contributed by atoms with Gasteiger partial charge in [-0.25, -0.2) is 4.68 Å². The zero-order valence-corrected chi connectivity index (χ0v) is 20.4. The molecule has 182 valence electrons. The van der Waals surface area contributed by atoms with Gasteiger partial charge in [-0.2, -0.15) is 26.7 Å². The SMILES string of the molecule is Cc1nc(CCc2cn(Cc3cccc(C(F)(F)F)c3C)nn2)cc2c1NC(=O)[C@H](C)N2C.S. The summed E-state index contributed by atoms with van der Waals surface area (Å²) in [6.07, 6.45) is -1.44. The predicted octanol–water partition coefficient (Wildman–Crippen LogP) is 4.03. The number of benzene rings is 1. The van der Waals surface area contributed by atoms with Crippen molar-refractivity contribution >= 4 is 30.8 Å². The maximum absolute atomic E-state index is 13.2. The molecule has 0 fully saturated rings. The third-order valence-corrected chi connectivity index (χ3v) is 6.13. The number of halogens is 3. The highest BCUT2D eigenvalue weighted by atomic mass is 32.1. The molecule has 4 rings (SSSR count). The number of anilines is 2. The van der Waals surface area contributed by atoms with Crippen molar-refractivity contribution in [2.75, 3.05) is 17.3 Å². The summed E-state index contributed by atoms with van der Waals surface area (Å²) in [5, 5.41) is 11.2. The number of alkyl halides is 3. The van der Waals surface area contributed by atoms with Gasteiger partial charge in [-0.3, -0.25) is 9.78 Å². The predicted molar refractivity (Wildman–Crippen MR) is 129 cm³/mol. The summed E-state index contributed by atoms with van der Waals surface area (Å²) < 4.78 is 41.1. The van der Waals surface area contributed by atoms with E-state index < -0.39 is 11.7 Å². The van der Waals surface area contributed by atoms with Crippen LogP contribution in [0.1, 0.15) is 40.7 Å². The summed E-state index contributed by atoms with van der Waals surface area (Å²) in [5.74, 6) is -0.0599. The molecule has 0 aliphatic carbocycles. The van der Waals surface area contributed by atoms with Crippen molar-refractivity contribution in [3.8, 4) is 0 Å². The molecule has 3 aromatic rings. The van der Waals surface area contributed by atoms with E-state index in [4.69, 9.17) is 0 Å². The third-order valence-electron chi connectivity index (χ3n) is 6.13. The van der Waals surface area contributed by atoms with Gasteiger partial charge in [0.2, 0.25) is 5.91 Å². The Balaban J connectivity index is 0.00000324. The number of carbonyl (C=O) groups is 1. The van der Waals surface area contributed by atoms with Gasteiger partial charge in [0.1, 0.15) is 6.04 Å². The molecule has 11 heteroatoms. The number of amides is 1. The Morgan fingerprint density at radius 1 is 1.15 bits per heavy atom. The summed E-state index contributed by atoms with van der Waals surface area (Å²) in [6.45, 7) is 5.39. The van der Waals surface area contributed by atoms with E-state index in [0.717, 1.165) is 34.5 Å². The molecule has 1 aromatic carbocycles. The van der Waals surface area contributed by atoms with Crippen LogP contribution < -0.4 is 10.2 Å². The first-order valence-electron chi connectivity index (χ1n) is 10.6. The van der Waals surface area contributed by atoms with Crippen LogP contribution >= 0.6 is 13.5 Å². The number of aromatic nitrogens is 4. The molecule has 1 atom stereocenters. The first-order valence-corrected chi connectivity index (χ1v) is 10.6. The van der Waals surface area contributed by atoms with Gasteiger partial charge >= 0.3 is 6.18 Å². The van der Waals surface area contributed by atoms with Gasteiger partial charge in [0, 0.05) is 18.9 Å². The van der Waals surface area contributed by atoms with Crippen molar-refractivity contribution in [3.63, 3.8) is 0 Å². The lowest BCUT2D eigenvalue weighted by Crippen LogP contribution is -2.44. The van der Waals surface area contributed by atoms with Crippen molar-refractivity contribution < 1.29 is 18.0 Å². The molecule has 1 aliphatic heterocycles. The number of nitrogens with zero attached hydrogens (tertiary/aromatic N) is 5. The van der Waals surface area contributed by atoms with Gasteiger partial charge in [-0.1, -0.05) is 17.3 Å². The highest BCUT2D eigenvalue weighted by Crippen LogP contribution is 2.34. The van der Waals surface area contributed by atoms with Crippen LogP contribution in [0.4, 0.5) is 24.5 Å². The minimum atomic E-state index is -4.39. The molecule has 0 saturated heterocycles. The number of rotatable bonds is 5. The molecule has 0 unspecified atom stereocenters. The quantitative estimate of drug-likeness (QED) is 0.582. The molecule has 7 nitrogen and oxygen atoms in total. The van der Waals surface area contributed by atoms with Crippen LogP contribution in [0.2, 0.25) is 0 Å². The van der Waals surface area contributed by atoms with Crippen molar-refractivity contribution in [3.05, 3.63) is 64.2 Å². The molecule has 1 N–H and O–H groups in total. The first-order chi connectivity index (χ1) is 15.5. The molecule has 34 heavy (non-hydrogen) atoms.